The summed E-state index contributed by atoms with van der Waals surface area (Å²) in [5.74, 6) is -1.46. The Bertz CT molecular complexity index is 1880. The van der Waals surface area contributed by atoms with Gasteiger partial charge in [-0.1, -0.05) is 309 Å². The lowest BCUT2D eigenvalue weighted by atomic mass is 10.0. The average Bonchev–Trinajstić information content (AvgIpc) is 3.26. The van der Waals surface area contributed by atoms with Gasteiger partial charge in [-0.2, -0.15) is 0 Å². The van der Waals surface area contributed by atoms with Gasteiger partial charge in [-0.25, -0.2) is 9.13 Å². The predicted molar refractivity (Wildman–Crippen MR) is 377 cm³/mol. The van der Waals surface area contributed by atoms with Crippen LogP contribution in [-0.4, -0.2) is 96.7 Å². The Kier molecular flexibility index (Phi) is 65.0. The fourth-order valence-corrected chi connectivity index (χ4v) is 12.4. The maximum Gasteiger partial charge on any atom is 0.472 e. The molecule has 0 aromatic carbocycles. The van der Waals surface area contributed by atoms with E-state index in [1.54, 1.807) is 0 Å². The summed E-state index contributed by atoms with van der Waals surface area (Å²) in [6, 6.07) is 0. The van der Waals surface area contributed by atoms with E-state index < -0.39 is 97.5 Å². The smallest absolute Gasteiger partial charge is 0.462 e. The van der Waals surface area contributed by atoms with Gasteiger partial charge in [0.25, 0.3) is 0 Å². The van der Waals surface area contributed by atoms with Crippen molar-refractivity contribution in [1.29, 1.82) is 0 Å². The quantitative estimate of drug-likeness (QED) is 0.0169. The van der Waals surface area contributed by atoms with E-state index in [0.29, 0.717) is 31.6 Å². The second-order valence-corrected chi connectivity index (χ2v) is 29.4. The van der Waals surface area contributed by atoms with E-state index in [1.165, 1.54) is 161 Å². The number of hydrogen-bond donors (Lipinski definition) is 3. The van der Waals surface area contributed by atoms with Crippen molar-refractivity contribution in [2.24, 2.45) is 5.92 Å². The zero-order valence-corrected chi connectivity index (χ0v) is 61.7. The molecular formula is C74H140O17P2. The van der Waals surface area contributed by atoms with Gasteiger partial charge in [0.15, 0.2) is 12.2 Å². The number of phosphoric acid groups is 2. The van der Waals surface area contributed by atoms with Crippen molar-refractivity contribution in [1.82, 2.24) is 0 Å². The van der Waals surface area contributed by atoms with Crippen molar-refractivity contribution in [3.05, 3.63) is 24.3 Å². The second kappa shape index (κ2) is 66.8. The van der Waals surface area contributed by atoms with Crippen molar-refractivity contribution >= 4 is 39.5 Å². The van der Waals surface area contributed by atoms with Crippen LogP contribution >= 0.6 is 15.6 Å². The summed E-state index contributed by atoms with van der Waals surface area (Å²) in [7, 11) is -9.91. The molecule has 0 aliphatic carbocycles. The maximum atomic E-state index is 13.1. The monoisotopic (exact) mass is 1360 g/mol. The number of rotatable bonds is 72. The molecule has 19 heteroatoms. The third kappa shape index (κ3) is 67.9. The molecule has 0 aliphatic heterocycles. The van der Waals surface area contributed by atoms with E-state index >= 15 is 0 Å². The zero-order chi connectivity index (χ0) is 68.4. The Labute approximate surface area is 567 Å². The van der Waals surface area contributed by atoms with Crippen LogP contribution in [0.4, 0.5) is 0 Å². The van der Waals surface area contributed by atoms with Gasteiger partial charge in [0.2, 0.25) is 0 Å². The van der Waals surface area contributed by atoms with Gasteiger partial charge >= 0.3 is 39.5 Å². The third-order valence-electron chi connectivity index (χ3n) is 16.7. The first-order chi connectivity index (χ1) is 45.0. The Morgan fingerprint density at radius 1 is 0.333 bits per heavy atom. The summed E-state index contributed by atoms with van der Waals surface area (Å²) in [5, 5.41) is 10.6. The lowest BCUT2D eigenvalue weighted by Gasteiger charge is -2.21. The third-order valence-corrected chi connectivity index (χ3v) is 18.6. The van der Waals surface area contributed by atoms with Crippen LogP contribution in [0.1, 0.15) is 362 Å². The largest absolute Gasteiger partial charge is 0.472 e. The van der Waals surface area contributed by atoms with Gasteiger partial charge in [-0.3, -0.25) is 37.3 Å². The summed E-state index contributed by atoms with van der Waals surface area (Å²) < 4.78 is 68.3. The molecule has 0 rings (SSSR count). The summed E-state index contributed by atoms with van der Waals surface area (Å²) in [4.78, 5) is 72.5. The molecule has 5 atom stereocenters. The minimum atomic E-state index is -4.96. The van der Waals surface area contributed by atoms with Crippen LogP contribution in [-0.2, 0) is 65.4 Å². The van der Waals surface area contributed by atoms with E-state index in [0.717, 1.165) is 116 Å². The molecule has 0 heterocycles. The first kappa shape index (κ1) is 90.5. The number of unbranched alkanes of at least 4 members (excludes halogenated alkanes) is 41. The molecule has 0 spiro atoms. The summed E-state index contributed by atoms with van der Waals surface area (Å²) in [6.45, 7) is 7.11. The molecule has 0 bridgehead atoms. The molecule has 0 aromatic heterocycles. The molecule has 0 radical (unpaired) electrons. The standard InChI is InChI=1S/C74H140O17P2/c1-6-9-12-15-18-21-23-25-27-28-29-30-31-33-35-37-39-44-49-54-59-73(78)90-69(64-85-72(77)58-53-48-43-38-36-34-32-26-24-22-19-16-13-10-7-2)65-88-92(80,81)86-61-68(75)62-87-93(82,83)89-66-70(63-84-71(76)57-52-47-42-20-17-14-11-8-3)91-74(79)60-55-50-45-40-41-46-51-56-67(4)5/h22,24,26,32,67-70,75H,6-21,23,25,27-31,33-66H2,1-5H3,(H,80,81)(H,82,83)/b24-22-,32-26-/t68-,69-,70-/m1/s1. The highest BCUT2D eigenvalue weighted by molar-refractivity contribution is 7.47. The molecule has 0 saturated heterocycles. The number of ether oxygens (including phenoxy) is 4. The van der Waals surface area contributed by atoms with Gasteiger partial charge < -0.3 is 33.8 Å². The Morgan fingerprint density at radius 2 is 0.581 bits per heavy atom. The summed E-state index contributed by atoms with van der Waals surface area (Å²) in [6.07, 6.45) is 58.0. The van der Waals surface area contributed by atoms with Crippen molar-refractivity contribution in [2.45, 2.75) is 380 Å². The van der Waals surface area contributed by atoms with Gasteiger partial charge in [0, 0.05) is 25.7 Å². The van der Waals surface area contributed by atoms with E-state index in [2.05, 4.69) is 58.9 Å². The van der Waals surface area contributed by atoms with Gasteiger partial charge in [-0.05, 0) is 57.3 Å². The fourth-order valence-electron chi connectivity index (χ4n) is 10.8. The molecule has 0 saturated carbocycles. The maximum absolute atomic E-state index is 13.1. The predicted octanol–water partition coefficient (Wildman–Crippen LogP) is 21.2. The lowest BCUT2D eigenvalue weighted by Crippen LogP contribution is -2.30. The van der Waals surface area contributed by atoms with Crippen LogP contribution in [0.2, 0.25) is 0 Å². The lowest BCUT2D eigenvalue weighted by molar-refractivity contribution is -0.161. The van der Waals surface area contributed by atoms with Crippen LogP contribution in [0.5, 0.6) is 0 Å². The Hall–Kier alpha value is -2.46. The van der Waals surface area contributed by atoms with Crippen molar-refractivity contribution in [3.63, 3.8) is 0 Å². The van der Waals surface area contributed by atoms with Gasteiger partial charge in [0.1, 0.15) is 19.3 Å². The number of hydrogen-bond acceptors (Lipinski definition) is 15. The zero-order valence-electron chi connectivity index (χ0n) is 59.9. The van der Waals surface area contributed by atoms with Crippen LogP contribution in [0.3, 0.4) is 0 Å². The molecule has 2 unspecified atom stereocenters. The molecule has 0 aliphatic rings. The van der Waals surface area contributed by atoms with Crippen LogP contribution < -0.4 is 0 Å². The Morgan fingerprint density at radius 3 is 0.882 bits per heavy atom. The van der Waals surface area contributed by atoms with E-state index in [9.17, 15) is 43.2 Å². The van der Waals surface area contributed by atoms with Crippen molar-refractivity contribution in [2.75, 3.05) is 39.6 Å². The highest BCUT2D eigenvalue weighted by Crippen LogP contribution is 2.45. The summed E-state index contributed by atoms with van der Waals surface area (Å²) in [5.41, 5.74) is 0. The molecule has 0 fully saturated rings. The number of aliphatic hydroxyl groups is 1. The number of carbonyl (C=O) groups excluding carboxylic acids is 4. The van der Waals surface area contributed by atoms with Crippen molar-refractivity contribution in [3.8, 4) is 0 Å². The highest BCUT2D eigenvalue weighted by Gasteiger charge is 2.30. The van der Waals surface area contributed by atoms with Crippen molar-refractivity contribution < 1.29 is 80.2 Å². The van der Waals surface area contributed by atoms with Crippen LogP contribution in [0, 0.1) is 5.92 Å². The number of aliphatic hydroxyl groups excluding tert-OH is 1. The molecule has 3 N–H and O–H groups in total. The summed E-state index contributed by atoms with van der Waals surface area (Å²) >= 11 is 0. The van der Waals surface area contributed by atoms with E-state index in [1.807, 2.05) is 0 Å². The fraction of sp³-hybridized carbons (Fsp3) is 0.892. The number of phosphoric ester groups is 2. The SMILES string of the molecule is CCCCCC/C=C\C=C/CCCCCCCC(=O)OC[C@H](COP(=O)(O)OC[C@@H](O)COP(=O)(O)OC[C@@H](COC(=O)CCCCCCCCCC)OC(=O)CCCCCCCCCC(C)C)OC(=O)CCCCCCCCCCCCCCCCCCCCCC. The molecule has 93 heavy (non-hydrogen) atoms. The van der Waals surface area contributed by atoms with Crippen LogP contribution in [0.15, 0.2) is 24.3 Å². The second-order valence-electron chi connectivity index (χ2n) is 26.5. The highest BCUT2D eigenvalue weighted by atomic mass is 31.2. The average molecular weight is 1360 g/mol. The van der Waals surface area contributed by atoms with Gasteiger partial charge in [0.05, 0.1) is 26.4 Å². The van der Waals surface area contributed by atoms with Gasteiger partial charge in [-0.15, -0.1) is 0 Å². The van der Waals surface area contributed by atoms with Crippen LogP contribution in [0.25, 0.3) is 0 Å². The number of carbonyl (C=O) groups is 4. The molecular weight excluding hydrogens is 1220 g/mol. The Balaban J connectivity index is 5.21. The molecule has 17 nitrogen and oxygen atoms in total. The van der Waals surface area contributed by atoms with E-state index in [4.69, 9.17) is 37.0 Å². The minimum absolute atomic E-state index is 0.101. The molecule has 0 aromatic rings. The first-order valence-electron chi connectivity index (χ1n) is 38.0. The number of allylic oxidation sites excluding steroid dienone is 4. The molecule has 548 valence electrons. The minimum Gasteiger partial charge on any atom is -0.462 e. The van der Waals surface area contributed by atoms with E-state index in [-0.39, 0.29) is 25.7 Å². The molecule has 0 amide bonds. The number of esters is 4. The first-order valence-corrected chi connectivity index (χ1v) is 40.9. The topological polar surface area (TPSA) is 237 Å². The normalized spacial score (nSPS) is 14.2.